The summed E-state index contributed by atoms with van der Waals surface area (Å²) in [6.07, 6.45) is -3.40. The summed E-state index contributed by atoms with van der Waals surface area (Å²) in [6, 6.07) is 7.97. The first-order valence-corrected chi connectivity index (χ1v) is 8.97. The first-order chi connectivity index (χ1) is 14.7. The van der Waals surface area contributed by atoms with Gasteiger partial charge < -0.3 is 5.32 Å². The maximum atomic E-state index is 13.4. The van der Waals surface area contributed by atoms with Crippen molar-refractivity contribution in [3.63, 3.8) is 0 Å². The number of anilines is 2. The second-order valence-corrected chi connectivity index (χ2v) is 6.77. The van der Waals surface area contributed by atoms with Crippen LogP contribution in [-0.2, 0) is 6.18 Å². The van der Waals surface area contributed by atoms with E-state index in [-0.39, 0.29) is 11.1 Å². The number of benzene rings is 1. The highest BCUT2D eigenvalue weighted by Gasteiger charge is 2.34. The highest BCUT2D eigenvalue weighted by molar-refractivity contribution is 5.82. The highest BCUT2D eigenvalue weighted by Crippen LogP contribution is 2.33. The van der Waals surface area contributed by atoms with E-state index in [1.165, 1.54) is 29.1 Å². The molecule has 0 amide bonds. The van der Waals surface area contributed by atoms with E-state index in [9.17, 15) is 18.0 Å². The fourth-order valence-electron chi connectivity index (χ4n) is 3.21. The van der Waals surface area contributed by atoms with Gasteiger partial charge in [0.2, 0.25) is 0 Å². The van der Waals surface area contributed by atoms with Crippen molar-refractivity contribution in [1.29, 1.82) is 5.26 Å². The van der Waals surface area contributed by atoms with Gasteiger partial charge in [0, 0.05) is 24.0 Å². The Balaban J connectivity index is 1.84. The molecule has 0 saturated heterocycles. The summed E-state index contributed by atoms with van der Waals surface area (Å²) in [6.45, 7) is 3.55. The van der Waals surface area contributed by atoms with Crippen LogP contribution >= 0.6 is 0 Å². The molecule has 11 heteroatoms. The first kappa shape index (κ1) is 20.1. The van der Waals surface area contributed by atoms with Gasteiger partial charge in [-0.25, -0.2) is 15.0 Å². The second-order valence-electron chi connectivity index (χ2n) is 6.77. The van der Waals surface area contributed by atoms with Crippen molar-refractivity contribution in [1.82, 2.24) is 24.7 Å². The molecule has 0 atom stereocenters. The van der Waals surface area contributed by atoms with E-state index >= 15 is 0 Å². The van der Waals surface area contributed by atoms with Crippen LogP contribution in [0.2, 0.25) is 0 Å². The molecular formula is C20H14F3N7O. The summed E-state index contributed by atoms with van der Waals surface area (Å²) >= 11 is 0. The van der Waals surface area contributed by atoms with Crippen molar-refractivity contribution < 1.29 is 13.2 Å². The van der Waals surface area contributed by atoms with Gasteiger partial charge in [-0.05, 0) is 32.0 Å². The SMILES string of the molecule is Cc1cc(Nc2cc3c(cn2)c(=O)[nH]n3-c2ccc(C#N)c(C(F)(F)F)c2)nc(C)n1. The van der Waals surface area contributed by atoms with Gasteiger partial charge in [0.05, 0.1) is 33.8 Å². The van der Waals surface area contributed by atoms with Crippen LogP contribution in [0.5, 0.6) is 0 Å². The molecule has 0 bridgehead atoms. The molecule has 4 rings (SSSR count). The molecule has 3 heterocycles. The van der Waals surface area contributed by atoms with E-state index in [1.54, 1.807) is 13.0 Å². The minimum atomic E-state index is -4.72. The van der Waals surface area contributed by atoms with Crippen LogP contribution in [-0.4, -0.2) is 24.7 Å². The average molecular weight is 425 g/mol. The zero-order valence-corrected chi connectivity index (χ0v) is 16.2. The highest BCUT2D eigenvalue weighted by atomic mass is 19.4. The summed E-state index contributed by atoms with van der Waals surface area (Å²) in [5.74, 6) is 1.38. The summed E-state index contributed by atoms with van der Waals surface area (Å²) < 4.78 is 41.3. The monoisotopic (exact) mass is 425 g/mol. The number of pyridine rings is 1. The number of fused-ring (bicyclic) bond motifs is 1. The number of nitriles is 1. The molecule has 2 N–H and O–H groups in total. The van der Waals surface area contributed by atoms with E-state index in [0.29, 0.717) is 23.0 Å². The van der Waals surface area contributed by atoms with E-state index in [0.717, 1.165) is 17.8 Å². The fraction of sp³-hybridized carbons (Fsp3) is 0.150. The number of aromatic nitrogens is 5. The summed E-state index contributed by atoms with van der Waals surface area (Å²) in [7, 11) is 0. The van der Waals surface area contributed by atoms with Crippen LogP contribution in [0.3, 0.4) is 0 Å². The molecule has 3 aromatic heterocycles. The van der Waals surface area contributed by atoms with Crippen LogP contribution in [0.4, 0.5) is 24.8 Å². The smallest absolute Gasteiger partial charge is 0.325 e. The van der Waals surface area contributed by atoms with E-state index in [4.69, 9.17) is 5.26 Å². The number of aryl methyl sites for hydroxylation is 2. The molecule has 0 aliphatic heterocycles. The predicted octanol–water partition coefficient (Wildman–Crippen LogP) is 3.75. The van der Waals surface area contributed by atoms with Crippen molar-refractivity contribution in [3.8, 4) is 11.8 Å². The Morgan fingerprint density at radius 2 is 1.90 bits per heavy atom. The Bertz CT molecular complexity index is 1390. The Hall–Kier alpha value is -4.20. The molecule has 0 radical (unpaired) electrons. The van der Waals surface area contributed by atoms with Gasteiger partial charge in [0.15, 0.2) is 0 Å². The van der Waals surface area contributed by atoms with E-state index < -0.39 is 22.9 Å². The van der Waals surface area contributed by atoms with Crippen molar-refractivity contribution in [3.05, 3.63) is 69.5 Å². The van der Waals surface area contributed by atoms with Gasteiger partial charge in [0.1, 0.15) is 17.5 Å². The summed E-state index contributed by atoms with van der Waals surface area (Å²) in [4.78, 5) is 24.9. The number of nitrogens with one attached hydrogen (secondary N) is 2. The minimum Gasteiger partial charge on any atom is -0.325 e. The van der Waals surface area contributed by atoms with E-state index in [1.807, 2.05) is 6.92 Å². The molecule has 0 unspecified atom stereocenters. The third-order valence-corrected chi connectivity index (χ3v) is 4.49. The van der Waals surface area contributed by atoms with Crippen molar-refractivity contribution in [2.75, 3.05) is 5.32 Å². The molecule has 8 nitrogen and oxygen atoms in total. The van der Waals surface area contributed by atoms with E-state index in [2.05, 4.69) is 25.4 Å². The second kappa shape index (κ2) is 7.24. The lowest BCUT2D eigenvalue weighted by molar-refractivity contribution is -0.137. The van der Waals surface area contributed by atoms with Crippen molar-refractivity contribution in [2.24, 2.45) is 0 Å². The molecule has 0 fully saturated rings. The lowest BCUT2D eigenvalue weighted by Crippen LogP contribution is -2.10. The maximum Gasteiger partial charge on any atom is 0.417 e. The molecule has 0 saturated carbocycles. The minimum absolute atomic E-state index is 0.0456. The summed E-state index contributed by atoms with van der Waals surface area (Å²) in [5.41, 5.74) is -1.01. The lowest BCUT2D eigenvalue weighted by atomic mass is 10.1. The Kier molecular flexibility index (Phi) is 4.69. The van der Waals surface area contributed by atoms with Crippen LogP contribution < -0.4 is 10.9 Å². The normalized spacial score (nSPS) is 11.5. The average Bonchev–Trinajstić information content (AvgIpc) is 3.02. The molecule has 31 heavy (non-hydrogen) atoms. The number of hydrogen-bond acceptors (Lipinski definition) is 6. The van der Waals surface area contributed by atoms with Gasteiger partial charge in [0.25, 0.3) is 5.56 Å². The topological polar surface area (TPSA) is 112 Å². The maximum absolute atomic E-state index is 13.4. The Labute approximate surface area is 173 Å². The lowest BCUT2D eigenvalue weighted by Gasteiger charge is -2.12. The number of H-pyrrole nitrogens is 1. The molecule has 0 aliphatic carbocycles. The van der Waals surface area contributed by atoms with Crippen LogP contribution in [0, 0.1) is 25.2 Å². The molecule has 4 aromatic rings. The fourth-order valence-corrected chi connectivity index (χ4v) is 3.21. The molecular weight excluding hydrogens is 411 g/mol. The van der Waals surface area contributed by atoms with Gasteiger partial charge in [-0.2, -0.15) is 18.4 Å². The standard InChI is InChI=1S/C20H14F3N7O/c1-10-5-18(27-11(2)26-10)28-17-7-16-14(9-25-17)19(31)29-30(16)13-4-3-12(8-24)15(6-13)20(21,22)23/h3-7,9H,1-2H3,(H,29,31)(H,25,26,27,28). The number of alkyl halides is 3. The van der Waals surface area contributed by atoms with Crippen LogP contribution in [0.1, 0.15) is 22.6 Å². The third kappa shape index (κ3) is 3.83. The van der Waals surface area contributed by atoms with Crippen molar-refractivity contribution in [2.45, 2.75) is 20.0 Å². The zero-order valence-electron chi connectivity index (χ0n) is 16.2. The number of nitrogens with zero attached hydrogens (tertiary/aromatic N) is 5. The van der Waals surface area contributed by atoms with Crippen LogP contribution in [0.15, 0.2) is 41.3 Å². The number of halogens is 3. The van der Waals surface area contributed by atoms with Gasteiger partial charge in [-0.1, -0.05) is 0 Å². The largest absolute Gasteiger partial charge is 0.417 e. The Morgan fingerprint density at radius 1 is 1.13 bits per heavy atom. The van der Waals surface area contributed by atoms with Crippen LogP contribution in [0.25, 0.3) is 16.6 Å². The quantitative estimate of drug-likeness (QED) is 0.517. The number of rotatable bonds is 3. The molecule has 1 aromatic carbocycles. The number of aromatic amines is 1. The third-order valence-electron chi connectivity index (χ3n) is 4.49. The van der Waals surface area contributed by atoms with Crippen molar-refractivity contribution >= 4 is 22.5 Å². The predicted molar refractivity (Wildman–Crippen MR) is 106 cm³/mol. The summed E-state index contributed by atoms with van der Waals surface area (Å²) in [5, 5.41) is 14.7. The molecule has 0 spiro atoms. The molecule has 0 aliphatic rings. The Morgan fingerprint density at radius 3 is 2.58 bits per heavy atom. The molecule has 156 valence electrons. The van der Waals surface area contributed by atoms with Gasteiger partial charge >= 0.3 is 6.18 Å². The zero-order chi connectivity index (χ0) is 22.3. The first-order valence-electron chi connectivity index (χ1n) is 8.97. The number of hydrogen-bond donors (Lipinski definition) is 2. The van der Waals surface area contributed by atoms with Gasteiger partial charge in [-0.15, -0.1) is 0 Å². The van der Waals surface area contributed by atoms with Gasteiger partial charge in [-0.3, -0.25) is 14.6 Å².